The van der Waals surface area contributed by atoms with Gasteiger partial charge in [-0.3, -0.25) is 14.5 Å². The number of halogens is 1. The van der Waals surface area contributed by atoms with Gasteiger partial charge in [-0.1, -0.05) is 18.2 Å². The van der Waals surface area contributed by atoms with Crippen molar-refractivity contribution >= 4 is 5.91 Å². The van der Waals surface area contributed by atoms with Gasteiger partial charge in [-0.2, -0.15) is 5.10 Å². The Balaban J connectivity index is 1.45. The van der Waals surface area contributed by atoms with Gasteiger partial charge in [0.15, 0.2) is 6.10 Å². The molecule has 2 heterocycles. The third kappa shape index (κ3) is 5.00. The number of benzene rings is 2. The molecule has 32 heavy (non-hydrogen) atoms. The van der Waals surface area contributed by atoms with E-state index in [1.807, 2.05) is 49.6 Å². The molecule has 1 amide bonds. The summed E-state index contributed by atoms with van der Waals surface area (Å²) in [5.41, 5.74) is 4.81. The van der Waals surface area contributed by atoms with Gasteiger partial charge in [-0.25, -0.2) is 4.39 Å². The molecule has 0 aliphatic heterocycles. The van der Waals surface area contributed by atoms with Crippen LogP contribution in [0.3, 0.4) is 0 Å². The molecule has 0 spiro atoms. The maximum absolute atomic E-state index is 13.0. The standard InChI is InChI=1S/C25H23FN4O2/c1-17(32-22-8-6-21(26)7-9-22)25(31)28-15-18-4-3-5-20(14-18)24-23(16-30(2)29-24)19-10-12-27-13-11-19/h3-14,16-17H,15H2,1-2H3,(H,28,31). The molecular formula is C25H23FN4O2. The minimum absolute atomic E-state index is 0.255. The van der Waals surface area contributed by atoms with Crippen LogP contribution < -0.4 is 10.1 Å². The van der Waals surface area contributed by atoms with Gasteiger partial charge in [0.25, 0.3) is 5.91 Å². The normalized spacial score (nSPS) is 11.7. The Morgan fingerprint density at radius 1 is 1.09 bits per heavy atom. The molecule has 2 aromatic heterocycles. The highest BCUT2D eigenvalue weighted by Crippen LogP contribution is 2.30. The highest BCUT2D eigenvalue weighted by atomic mass is 19.1. The molecule has 2 aromatic carbocycles. The van der Waals surface area contributed by atoms with Crippen molar-refractivity contribution in [3.63, 3.8) is 0 Å². The summed E-state index contributed by atoms with van der Waals surface area (Å²) in [5, 5.41) is 7.53. The van der Waals surface area contributed by atoms with Crippen molar-refractivity contribution in [2.24, 2.45) is 7.05 Å². The molecule has 1 atom stereocenters. The summed E-state index contributed by atoms with van der Waals surface area (Å²) in [5.74, 6) is -0.167. The van der Waals surface area contributed by atoms with Crippen molar-refractivity contribution in [2.75, 3.05) is 0 Å². The Labute approximate surface area is 185 Å². The van der Waals surface area contributed by atoms with Gasteiger partial charge in [-0.15, -0.1) is 0 Å². The van der Waals surface area contributed by atoms with Gasteiger partial charge >= 0.3 is 0 Å². The Morgan fingerprint density at radius 2 is 1.84 bits per heavy atom. The first-order chi connectivity index (χ1) is 15.5. The van der Waals surface area contributed by atoms with Gasteiger partial charge < -0.3 is 10.1 Å². The second-order valence-electron chi connectivity index (χ2n) is 7.43. The van der Waals surface area contributed by atoms with E-state index in [1.165, 1.54) is 24.3 Å². The fourth-order valence-corrected chi connectivity index (χ4v) is 3.38. The molecule has 4 rings (SSSR count). The third-order valence-electron chi connectivity index (χ3n) is 4.98. The zero-order valence-electron chi connectivity index (χ0n) is 17.8. The lowest BCUT2D eigenvalue weighted by atomic mass is 10.0. The number of pyridine rings is 1. The molecule has 0 saturated carbocycles. The van der Waals surface area contributed by atoms with E-state index in [1.54, 1.807) is 24.0 Å². The highest BCUT2D eigenvalue weighted by molar-refractivity contribution is 5.81. The molecule has 1 N–H and O–H groups in total. The fraction of sp³-hybridized carbons (Fsp3) is 0.160. The topological polar surface area (TPSA) is 69.0 Å². The van der Waals surface area contributed by atoms with Crippen molar-refractivity contribution in [1.82, 2.24) is 20.1 Å². The van der Waals surface area contributed by atoms with Crippen LogP contribution in [-0.4, -0.2) is 26.8 Å². The van der Waals surface area contributed by atoms with Crippen LogP contribution in [0.1, 0.15) is 12.5 Å². The largest absolute Gasteiger partial charge is 0.481 e. The van der Waals surface area contributed by atoms with Crippen molar-refractivity contribution in [3.8, 4) is 28.1 Å². The first-order valence-electron chi connectivity index (χ1n) is 10.2. The lowest BCUT2D eigenvalue weighted by Gasteiger charge is -2.15. The van der Waals surface area contributed by atoms with Crippen LogP contribution in [0.25, 0.3) is 22.4 Å². The van der Waals surface area contributed by atoms with Crippen molar-refractivity contribution in [3.05, 3.63) is 90.6 Å². The Bertz CT molecular complexity index is 1210. The van der Waals surface area contributed by atoms with E-state index in [0.29, 0.717) is 12.3 Å². The Kier molecular flexibility index (Phi) is 6.26. The lowest BCUT2D eigenvalue weighted by Crippen LogP contribution is -2.35. The van der Waals surface area contributed by atoms with E-state index >= 15 is 0 Å². The second-order valence-corrected chi connectivity index (χ2v) is 7.43. The number of aromatic nitrogens is 3. The summed E-state index contributed by atoms with van der Waals surface area (Å²) < 4.78 is 20.4. The second kappa shape index (κ2) is 9.43. The van der Waals surface area contributed by atoms with E-state index in [-0.39, 0.29) is 11.7 Å². The minimum atomic E-state index is -0.710. The SMILES string of the molecule is CC(Oc1ccc(F)cc1)C(=O)NCc1cccc(-c2nn(C)cc2-c2ccncc2)c1. The van der Waals surface area contributed by atoms with Gasteiger partial charge in [0, 0.05) is 43.3 Å². The average molecular weight is 430 g/mol. The molecule has 1 unspecified atom stereocenters. The number of hydrogen-bond acceptors (Lipinski definition) is 4. The average Bonchev–Trinajstić information content (AvgIpc) is 3.21. The Hall–Kier alpha value is -4.00. The predicted octanol–water partition coefficient (Wildman–Crippen LogP) is 4.37. The van der Waals surface area contributed by atoms with E-state index in [0.717, 1.165) is 27.9 Å². The summed E-state index contributed by atoms with van der Waals surface area (Å²) in [6.45, 7) is 2.01. The maximum Gasteiger partial charge on any atom is 0.261 e. The third-order valence-corrected chi connectivity index (χ3v) is 4.98. The summed E-state index contributed by atoms with van der Waals surface area (Å²) in [4.78, 5) is 16.5. The van der Waals surface area contributed by atoms with Crippen LogP contribution in [0.15, 0.2) is 79.3 Å². The number of nitrogens with zero attached hydrogens (tertiary/aromatic N) is 3. The fourth-order valence-electron chi connectivity index (χ4n) is 3.38. The van der Waals surface area contributed by atoms with Crippen LogP contribution in [0.4, 0.5) is 4.39 Å². The van der Waals surface area contributed by atoms with Crippen molar-refractivity contribution in [2.45, 2.75) is 19.6 Å². The summed E-state index contributed by atoms with van der Waals surface area (Å²) >= 11 is 0. The van der Waals surface area contributed by atoms with Gasteiger partial charge in [0.2, 0.25) is 0 Å². The van der Waals surface area contributed by atoms with Crippen LogP contribution in [0.2, 0.25) is 0 Å². The van der Waals surface area contributed by atoms with E-state index in [2.05, 4.69) is 15.4 Å². The monoisotopic (exact) mass is 430 g/mol. The highest BCUT2D eigenvalue weighted by Gasteiger charge is 2.16. The quantitative estimate of drug-likeness (QED) is 0.473. The zero-order chi connectivity index (χ0) is 22.5. The molecule has 6 nitrogen and oxygen atoms in total. The predicted molar refractivity (Wildman–Crippen MR) is 120 cm³/mol. The number of amides is 1. The number of ether oxygens (including phenoxy) is 1. The van der Waals surface area contributed by atoms with Crippen molar-refractivity contribution in [1.29, 1.82) is 0 Å². The maximum atomic E-state index is 13.0. The molecule has 0 fully saturated rings. The number of carbonyl (C=O) groups is 1. The summed E-state index contributed by atoms with van der Waals surface area (Å²) in [6, 6.07) is 17.4. The Morgan fingerprint density at radius 3 is 2.59 bits per heavy atom. The molecule has 0 aliphatic carbocycles. The molecule has 0 aliphatic rings. The molecule has 162 valence electrons. The smallest absolute Gasteiger partial charge is 0.261 e. The van der Waals surface area contributed by atoms with Crippen LogP contribution in [0.5, 0.6) is 5.75 Å². The van der Waals surface area contributed by atoms with Crippen LogP contribution in [0, 0.1) is 5.82 Å². The first-order valence-corrected chi connectivity index (χ1v) is 10.2. The number of hydrogen-bond donors (Lipinski definition) is 1. The molecular weight excluding hydrogens is 407 g/mol. The van der Waals surface area contributed by atoms with Gasteiger partial charge in [0.05, 0.1) is 0 Å². The van der Waals surface area contributed by atoms with Crippen LogP contribution >= 0.6 is 0 Å². The van der Waals surface area contributed by atoms with Gasteiger partial charge in [0.1, 0.15) is 17.3 Å². The number of rotatable bonds is 7. The van der Waals surface area contributed by atoms with Gasteiger partial charge in [-0.05, 0) is 60.5 Å². The molecule has 0 bridgehead atoms. The van der Waals surface area contributed by atoms with E-state index < -0.39 is 6.10 Å². The number of aryl methyl sites for hydroxylation is 1. The summed E-state index contributed by atoms with van der Waals surface area (Å²) in [6.07, 6.45) is 4.78. The number of nitrogens with one attached hydrogen (secondary N) is 1. The minimum Gasteiger partial charge on any atom is -0.481 e. The summed E-state index contributed by atoms with van der Waals surface area (Å²) in [7, 11) is 1.89. The molecule has 0 radical (unpaired) electrons. The molecule has 0 saturated heterocycles. The molecule has 4 aromatic rings. The van der Waals surface area contributed by atoms with Crippen molar-refractivity contribution < 1.29 is 13.9 Å². The number of carbonyl (C=O) groups excluding carboxylic acids is 1. The van der Waals surface area contributed by atoms with E-state index in [9.17, 15) is 9.18 Å². The van der Waals surface area contributed by atoms with E-state index in [4.69, 9.17) is 4.74 Å². The lowest BCUT2D eigenvalue weighted by molar-refractivity contribution is -0.127. The zero-order valence-corrected chi connectivity index (χ0v) is 17.8. The van der Waals surface area contributed by atoms with Crippen LogP contribution in [-0.2, 0) is 18.4 Å². The first kappa shape index (κ1) is 21.2. The molecule has 7 heteroatoms.